The standard InChI is InChI=1S/C27H36N2O4.H2/c1-20(2)32-24-10-9-23(17-21(24)3)26(31)29-13-11-27(12-14-29)19-28(15-16-30)18-25(33-27)22-7-5-4-6-8-22;/h4-10,17,20,25,30H,11-16,18-19H2,1-3H3;1H. The topological polar surface area (TPSA) is 62.2 Å². The number of aryl methyl sites for hydroxylation is 1. The van der Waals surface area contributed by atoms with Crippen molar-refractivity contribution in [2.45, 2.75) is 51.4 Å². The fourth-order valence-corrected chi connectivity index (χ4v) is 4.98. The number of ether oxygens (including phenoxy) is 2. The summed E-state index contributed by atoms with van der Waals surface area (Å²) in [6.45, 7) is 9.65. The monoisotopic (exact) mass is 454 g/mol. The number of benzene rings is 2. The first-order chi connectivity index (χ1) is 15.9. The van der Waals surface area contributed by atoms with Crippen LogP contribution >= 0.6 is 0 Å². The number of rotatable bonds is 6. The van der Waals surface area contributed by atoms with Gasteiger partial charge in [0.05, 0.1) is 24.4 Å². The molecule has 2 saturated heterocycles. The van der Waals surface area contributed by atoms with Gasteiger partial charge in [-0.2, -0.15) is 0 Å². The lowest BCUT2D eigenvalue weighted by molar-refractivity contribution is -0.176. The lowest BCUT2D eigenvalue weighted by atomic mass is 9.87. The van der Waals surface area contributed by atoms with Gasteiger partial charge < -0.3 is 19.5 Å². The Morgan fingerprint density at radius 3 is 2.58 bits per heavy atom. The third kappa shape index (κ3) is 5.57. The highest BCUT2D eigenvalue weighted by atomic mass is 16.5. The molecule has 2 aromatic rings. The number of nitrogens with zero attached hydrogens (tertiary/aromatic N) is 2. The minimum atomic E-state index is -0.296. The number of β-amino-alcohol motifs (C(OH)–C–C–N with tert-alkyl or cyclic N) is 1. The maximum atomic E-state index is 13.2. The van der Waals surface area contributed by atoms with Crippen molar-refractivity contribution in [2.75, 3.05) is 39.3 Å². The lowest BCUT2D eigenvalue weighted by Crippen LogP contribution is -2.58. The largest absolute Gasteiger partial charge is 0.491 e. The predicted octanol–water partition coefficient (Wildman–Crippen LogP) is 4.07. The number of likely N-dealkylation sites (tertiary alicyclic amines) is 1. The summed E-state index contributed by atoms with van der Waals surface area (Å²) in [7, 11) is 0. The van der Waals surface area contributed by atoms with Crippen LogP contribution in [-0.2, 0) is 4.74 Å². The van der Waals surface area contributed by atoms with Gasteiger partial charge in [0.1, 0.15) is 5.75 Å². The quantitative estimate of drug-likeness (QED) is 0.713. The van der Waals surface area contributed by atoms with Crippen molar-refractivity contribution in [3.8, 4) is 5.75 Å². The molecule has 0 saturated carbocycles. The second-order valence-electron chi connectivity index (χ2n) is 9.60. The van der Waals surface area contributed by atoms with Gasteiger partial charge in [0.2, 0.25) is 0 Å². The Bertz CT molecular complexity index is 945. The van der Waals surface area contributed by atoms with Gasteiger partial charge in [0.15, 0.2) is 0 Å². The van der Waals surface area contributed by atoms with Crippen molar-refractivity contribution in [1.82, 2.24) is 9.80 Å². The maximum Gasteiger partial charge on any atom is 0.253 e. The molecule has 2 aliphatic rings. The molecule has 2 aromatic carbocycles. The Hall–Kier alpha value is -2.41. The van der Waals surface area contributed by atoms with Gasteiger partial charge in [0.25, 0.3) is 5.91 Å². The highest BCUT2D eigenvalue weighted by Gasteiger charge is 2.44. The van der Waals surface area contributed by atoms with E-state index in [9.17, 15) is 9.90 Å². The van der Waals surface area contributed by atoms with Gasteiger partial charge in [-0.05, 0) is 62.9 Å². The summed E-state index contributed by atoms with van der Waals surface area (Å²) in [4.78, 5) is 17.5. The van der Waals surface area contributed by atoms with Gasteiger partial charge in [0, 0.05) is 39.7 Å². The molecule has 6 nitrogen and oxygen atoms in total. The molecule has 6 heteroatoms. The molecule has 33 heavy (non-hydrogen) atoms. The van der Waals surface area contributed by atoms with Crippen molar-refractivity contribution in [2.24, 2.45) is 0 Å². The van der Waals surface area contributed by atoms with Gasteiger partial charge in [-0.25, -0.2) is 0 Å². The smallest absolute Gasteiger partial charge is 0.253 e. The van der Waals surface area contributed by atoms with Crippen LogP contribution in [0.3, 0.4) is 0 Å². The van der Waals surface area contributed by atoms with Crippen LogP contribution in [0.1, 0.15) is 55.7 Å². The Morgan fingerprint density at radius 1 is 1.21 bits per heavy atom. The van der Waals surface area contributed by atoms with E-state index in [1.165, 1.54) is 0 Å². The molecule has 0 aromatic heterocycles. The molecular weight excluding hydrogens is 416 g/mol. The molecule has 4 rings (SSSR count). The van der Waals surface area contributed by atoms with Crippen LogP contribution in [0.5, 0.6) is 5.75 Å². The number of amides is 1. The van der Waals surface area contributed by atoms with E-state index in [4.69, 9.17) is 9.47 Å². The van der Waals surface area contributed by atoms with Crippen LogP contribution in [0.2, 0.25) is 0 Å². The van der Waals surface area contributed by atoms with Crippen LogP contribution < -0.4 is 4.74 Å². The summed E-state index contributed by atoms with van der Waals surface area (Å²) in [5, 5.41) is 9.55. The van der Waals surface area contributed by atoms with E-state index < -0.39 is 0 Å². The second-order valence-corrected chi connectivity index (χ2v) is 9.60. The molecule has 1 atom stereocenters. The summed E-state index contributed by atoms with van der Waals surface area (Å²) in [6.07, 6.45) is 1.66. The number of morpholine rings is 1. The lowest BCUT2D eigenvalue weighted by Gasteiger charge is -2.50. The second kappa shape index (κ2) is 10.2. The molecule has 2 aliphatic heterocycles. The number of aliphatic hydroxyl groups excluding tert-OH is 1. The molecule has 0 aliphatic carbocycles. The van der Waals surface area contributed by atoms with Crippen LogP contribution in [0.15, 0.2) is 48.5 Å². The minimum absolute atomic E-state index is 0. The summed E-state index contributed by atoms with van der Waals surface area (Å²) < 4.78 is 12.5. The summed E-state index contributed by atoms with van der Waals surface area (Å²) >= 11 is 0. The molecule has 0 radical (unpaired) electrons. The van der Waals surface area contributed by atoms with Crippen LogP contribution in [0, 0.1) is 6.92 Å². The third-order valence-electron chi connectivity index (χ3n) is 6.66. The first-order valence-corrected chi connectivity index (χ1v) is 12.0. The first kappa shape index (κ1) is 23.7. The van der Waals surface area contributed by atoms with E-state index >= 15 is 0 Å². The molecular formula is C27H38N2O4. The van der Waals surface area contributed by atoms with Crippen molar-refractivity contribution >= 4 is 5.91 Å². The fraction of sp³-hybridized carbons (Fsp3) is 0.519. The summed E-state index contributed by atoms with van der Waals surface area (Å²) in [5.41, 5.74) is 2.55. The highest BCUT2D eigenvalue weighted by molar-refractivity contribution is 5.94. The van der Waals surface area contributed by atoms with Crippen LogP contribution in [-0.4, -0.2) is 71.8 Å². The molecule has 180 valence electrons. The van der Waals surface area contributed by atoms with Gasteiger partial charge >= 0.3 is 0 Å². The van der Waals surface area contributed by atoms with Gasteiger partial charge in [-0.1, -0.05) is 30.3 Å². The molecule has 1 amide bonds. The van der Waals surface area contributed by atoms with E-state index in [1.807, 2.05) is 62.1 Å². The molecule has 1 spiro atoms. The average molecular weight is 455 g/mol. The Morgan fingerprint density at radius 2 is 1.94 bits per heavy atom. The van der Waals surface area contributed by atoms with Crippen molar-refractivity contribution in [3.05, 3.63) is 65.2 Å². The van der Waals surface area contributed by atoms with Crippen LogP contribution in [0.25, 0.3) is 0 Å². The maximum absolute atomic E-state index is 13.2. The minimum Gasteiger partial charge on any atom is -0.491 e. The number of hydrogen-bond donors (Lipinski definition) is 1. The van der Waals surface area contributed by atoms with E-state index in [2.05, 4.69) is 17.0 Å². The number of piperidine rings is 1. The summed E-state index contributed by atoms with van der Waals surface area (Å²) in [5.74, 6) is 0.886. The normalized spacial score (nSPS) is 20.9. The molecule has 2 heterocycles. The molecule has 1 N–H and O–H groups in total. The zero-order chi connectivity index (χ0) is 23.4. The van der Waals surface area contributed by atoms with Gasteiger partial charge in [-0.3, -0.25) is 9.69 Å². The third-order valence-corrected chi connectivity index (χ3v) is 6.66. The Labute approximate surface area is 198 Å². The van der Waals surface area contributed by atoms with E-state index in [0.29, 0.717) is 25.2 Å². The Balaban J connectivity index is 0.00000324. The average Bonchev–Trinajstić information content (AvgIpc) is 2.81. The SMILES string of the molecule is Cc1cc(C(=O)N2CCC3(CC2)CN(CCO)CC(c2ccccc2)O3)ccc1OC(C)C.[HH]. The summed E-state index contributed by atoms with van der Waals surface area (Å²) in [6, 6.07) is 16.0. The fourth-order valence-electron chi connectivity index (χ4n) is 4.98. The predicted molar refractivity (Wildman–Crippen MR) is 131 cm³/mol. The van der Waals surface area contributed by atoms with Crippen molar-refractivity contribution < 1.29 is 20.8 Å². The zero-order valence-electron chi connectivity index (χ0n) is 20.0. The van der Waals surface area contributed by atoms with E-state index in [0.717, 1.165) is 42.8 Å². The van der Waals surface area contributed by atoms with Gasteiger partial charge in [-0.15, -0.1) is 0 Å². The molecule has 0 bridgehead atoms. The number of carbonyl (C=O) groups excluding carboxylic acids is 1. The molecule has 2 fully saturated rings. The van der Waals surface area contributed by atoms with Crippen molar-refractivity contribution in [1.29, 1.82) is 0 Å². The number of aliphatic hydroxyl groups is 1. The number of carbonyl (C=O) groups is 1. The number of hydrogen-bond acceptors (Lipinski definition) is 5. The zero-order valence-corrected chi connectivity index (χ0v) is 20.0. The molecule has 1 unspecified atom stereocenters. The van der Waals surface area contributed by atoms with E-state index in [-0.39, 0.29) is 31.7 Å². The highest BCUT2D eigenvalue weighted by Crippen LogP contribution is 2.38. The first-order valence-electron chi connectivity index (χ1n) is 12.0. The van der Waals surface area contributed by atoms with E-state index in [1.54, 1.807) is 0 Å². The Kier molecular flexibility index (Phi) is 7.37. The van der Waals surface area contributed by atoms with Crippen molar-refractivity contribution in [3.63, 3.8) is 0 Å². The van der Waals surface area contributed by atoms with Crippen LogP contribution in [0.4, 0.5) is 0 Å².